The number of rotatable bonds is 7. The van der Waals surface area contributed by atoms with Gasteiger partial charge in [0.05, 0.1) is 24.4 Å². The molecule has 3 rings (SSSR count). The van der Waals surface area contributed by atoms with Gasteiger partial charge in [-0.25, -0.2) is 9.18 Å². The molecular formula is C19H26FN3O6. The number of aliphatic hydroxyl groups is 2. The lowest BCUT2D eigenvalue weighted by molar-refractivity contribution is -0.119. The third-order valence-corrected chi connectivity index (χ3v) is 5.17. The number of carbonyl (C=O) groups is 2. The molecule has 9 nitrogen and oxygen atoms in total. The first kappa shape index (κ1) is 21.3. The van der Waals surface area contributed by atoms with Crippen LogP contribution in [-0.2, 0) is 9.53 Å². The lowest BCUT2D eigenvalue weighted by Crippen LogP contribution is -2.52. The van der Waals surface area contributed by atoms with Crippen molar-refractivity contribution in [3.05, 3.63) is 24.0 Å². The highest BCUT2D eigenvalue weighted by Gasteiger charge is 2.37. The van der Waals surface area contributed by atoms with E-state index in [1.807, 2.05) is 0 Å². The molecule has 0 aliphatic carbocycles. The summed E-state index contributed by atoms with van der Waals surface area (Å²) in [5.74, 6) is -1.03. The average molecular weight is 411 g/mol. The van der Waals surface area contributed by atoms with Crippen molar-refractivity contribution in [3.63, 3.8) is 0 Å². The SMILES string of the molecule is CC(=O)NC[C@H]1CN(c2ccc(OC[C@H](O)C3(O)CCNCC3)c(F)c2)C(=O)O1. The molecule has 4 N–H and O–H groups in total. The second kappa shape index (κ2) is 8.93. The van der Waals surface area contributed by atoms with Gasteiger partial charge in [-0.05, 0) is 38.1 Å². The lowest BCUT2D eigenvalue weighted by Gasteiger charge is -2.36. The Morgan fingerprint density at radius 3 is 2.86 bits per heavy atom. The van der Waals surface area contributed by atoms with Crippen molar-refractivity contribution in [1.29, 1.82) is 0 Å². The summed E-state index contributed by atoms with van der Waals surface area (Å²) in [6.45, 7) is 2.65. The number of aliphatic hydroxyl groups excluding tert-OH is 1. The van der Waals surface area contributed by atoms with Gasteiger partial charge in [0, 0.05) is 13.0 Å². The Balaban J connectivity index is 1.58. The van der Waals surface area contributed by atoms with E-state index in [0.29, 0.717) is 31.6 Å². The van der Waals surface area contributed by atoms with Crippen LogP contribution in [0.5, 0.6) is 5.75 Å². The summed E-state index contributed by atoms with van der Waals surface area (Å²) in [5, 5.41) is 26.4. The van der Waals surface area contributed by atoms with Gasteiger partial charge in [-0.1, -0.05) is 0 Å². The number of amides is 2. The van der Waals surface area contributed by atoms with Crippen LogP contribution in [0.4, 0.5) is 14.9 Å². The summed E-state index contributed by atoms with van der Waals surface area (Å²) >= 11 is 0. The number of benzene rings is 1. The number of ether oxygens (including phenoxy) is 2. The monoisotopic (exact) mass is 411 g/mol. The molecule has 2 heterocycles. The van der Waals surface area contributed by atoms with Gasteiger partial charge >= 0.3 is 6.09 Å². The van der Waals surface area contributed by atoms with E-state index in [2.05, 4.69) is 10.6 Å². The van der Waals surface area contributed by atoms with E-state index in [1.54, 1.807) is 0 Å². The molecule has 0 aromatic heterocycles. The van der Waals surface area contributed by atoms with Crippen molar-refractivity contribution >= 4 is 17.7 Å². The molecule has 160 valence electrons. The van der Waals surface area contributed by atoms with E-state index >= 15 is 0 Å². The second-order valence-corrected chi connectivity index (χ2v) is 7.35. The van der Waals surface area contributed by atoms with E-state index in [0.717, 1.165) is 6.07 Å². The summed E-state index contributed by atoms with van der Waals surface area (Å²) in [7, 11) is 0. The number of cyclic esters (lactones) is 1. The normalized spacial score (nSPS) is 22.1. The molecule has 2 atom stereocenters. The Bertz CT molecular complexity index is 755. The molecule has 1 aromatic carbocycles. The number of hydrogen-bond acceptors (Lipinski definition) is 7. The number of nitrogens with one attached hydrogen (secondary N) is 2. The van der Waals surface area contributed by atoms with Crippen LogP contribution < -0.4 is 20.3 Å². The quantitative estimate of drug-likeness (QED) is 0.504. The summed E-state index contributed by atoms with van der Waals surface area (Å²) in [6.07, 6.45) is -1.53. The molecule has 2 amide bonds. The first-order valence-corrected chi connectivity index (χ1v) is 9.54. The Hall–Kier alpha value is -2.43. The Morgan fingerprint density at radius 2 is 2.21 bits per heavy atom. The van der Waals surface area contributed by atoms with Gasteiger partial charge < -0.3 is 30.3 Å². The van der Waals surface area contributed by atoms with Crippen molar-refractivity contribution < 1.29 is 33.7 Å². The van der Waals surface area contributed by atoms with E-state index in [-0.39, 0.29) is 31.4 Å². The van der Waals surface area contributed by atoms with E-state index < -0.39 is 29.7 Å². The van der Waals surface area contributed by atoms with Crippen LogP contribution >= 0.6 is 0 Å². The number of nitrogens with zero attached hydrogens (tertiary/aromatic N) is 1. The molecule has 2 fully saturated rings. The van der Waals surface area contributed by atoms with Crippen molar-refractivity contribution in [2.45, 2.75) is 37.6 Å². The molecule has 29 heavy (non-hydrogen) atoms. The van der Waals surface area contributed by atoms with Crippen LogP contribution in [0, 0.1) is 5.82 Å². The first-order valence-electron chi connectivity index (χ1n) is 9.54. The molecule has 0 spiro atoms. The second-order valence-electron chi connectivity index (χ2n) is 7.35. The van der Waals surface area contributed by atoms with Crippen LogP contribution in [0.1, 0.15) is 19.8 Å². The minimum Gasteiger partial charge on any atom is -0.488 e. The molecule has 0 saturated carbocycles. The fourth-order valence-electron chi connectivity index (χ4n) is 3.39. The topological polar surface area (TPSA) is 120 Å². The van der Waals surface area contributed by atoms with Gasteiger partial charge in [0.15, 0.2) is 11.6 Å². The number of carbonyl (C=O) groups excluding carboxylic acids is 2. The lowest BCUT2D eigenvalue weighted by atomic mass is 9.87. The van der Waals surface area contributed by atoms with Crippen molar-refractivity contribution in [2.24, 2.45) is 0 Å². The molecule has 2 saturated heterocycles. The average Bonchev–Trinajstić information content (AvgIpc) is 3.06. The van der Waals surface area contributed by atoms with Crippen molar-refractivity contribution in [3.8, 4) is 5.75 Å². The Kier molecular flexibility index (Phi) is 6.56. The number of hydrogen-bond donors (Lipinski definition) is 4. The summed E-state index contributed by atoms with van der Waals surface area (Å²) in [4.78, 5) is 24.3. The molecule has 0 unspecified atom stereocenters. The minimum absolute atomic E-state index is 0.0901. The molecule has 1 aromatic rings. The third-order valence-electron chi connectivity index (χ3n) is 5.17. The molecule has 2 aliphatic heterocycles. The predicted octanol–water partition coefficient (Wildman–Crippen LogP) is 0.141. The maximum absolute atomic E-state index is 14.5. The van der Waals surface area contributed by atoms with Gasteiger partial charge in [-0.15, -0.1) is 0 Å². The number of halogens is 1. The molecule has 10 heteroatoms. The highest BCUT2D eigenvalue weighted by Crippen LogP contribution is 2.28. The summed E-state index contributed by atoms with van der Waals surface area (Å²) < 4.78 is 25.0. The van der Waals surface area contributed by atoms with Crippen LogP contribution in [0.15, 0.2) is 18.2 Å². The zero-order valence-electron chi connectivity index (χ0n) is 16.2. The van der Waals surface area contributed by atoms with Gasteiger partial charge in [-0.3, -0.25) is 9.69 Å². The van der Waals surface area contributed by atoms with Crippen LogP contribution in [0.3, 0.4) is 0 Å². The van der Waals surface area contributed by atoms with Crippen LogP contribution in [0.2, 0.25) is 0 Å². The molecule has 0 bridgehead atoms. The van der Waals surface area contributed by atoms with Crippen molar-refractivity contribution in [2.75, 3.05) is 37.7 Å². The number of piperidine rings is 1. The number of anilines is 1. The maximum atomic E-state index is 14.5. The first-order chi connectivity index (χ1) is 13.8. The fourth-order valence-corrected chi connectivity index (χ4v) is 3.39. The zero-order chi connectivity index (χ0) is 21.0. The Labute approximate surface area is 167 Å². The Morgan fingerprint density at radius 1 is 1.48 bits per heavy atom. The molecule has 0 radical (unpaired) electrons. The van der Waals surface area contributed by atoms with E-state index in [4.69, 9.17) is 9.47 Å². The van der Waals surface area contributed by atoms with Crippen LogP contribution in [-0.4, -0.2) is 72.8 Å². The molecular weight excluding hydrogens is 385 g/mol. The van der Waals surface area contributed by atoms with E-state index in [1.165, 1.54) is 24.0 Å². The highest BCUT2D eigenvalue weighted by molar-refractivity contribution is 5.89. The van der Waals surface area contributed by atoms with Gasteiger partial charge in [-0.2, -0.15) is 0 Å². The van der Waals surface area contributed by atoms with E-state index in [9.17, 15) is 24.2 Å². The summed E-state index contributed by atoms with van der Waals surface area (Å²) in [5.41, 5.74) is -0.966. The van der Waals surface area contributed by atoms with Gasteiger partial charge in [0.2, 0.25) is 5.91 Å². The third kappa shape index (κ3) is 5.14. The van der Waals surface area contributed by atoms with Crippen LogP contribution in [0.25, 0.3) is 0 Å². The fraction of sp³-hybridized carbons (Fsp3) is 0.579. The van der Waals surface area contributed by atoms with Gasteiger partial charge in [0.1, 0.15) is 18.8 Å². The minimum atomic E-state index is -1.26. The maximum Gasteiger partial charge on any atom is 0.414 e. The largest absolute Gasteiger partial charge is 0.488 e. The standard InChI is InChI=1S/C19H26FN3O6/c1-12(24)22-9-14-10-23(18(26)29-14)13-2-3-16(15(20)8-13)28-11-17(25)19(27)4-6-21-7-5-19/h2-3,8,14,17,21,25,27H,4-7,9-11H2,1H3,(H,22,24)/t14-,17-/m0/s1. The summed E-state index contributed by atoms with van der Waals surface area (Å²) in [6, 6.07) is 4.01. The zero-order valence-corrected chi connectivity index (χ0v) is 16.2. The predicted molar refractivity (Wildman–Crippen MR) is 101 cm³/mol. The molecule has 2 aliphatic rings. The highest BCUT2D eigenvalue weighted by atomic mass is 19.1. The van der Waals surface area contributed by atoms with Crippen molar-refractivity contribution in [1.82, 2.24) is 10.6 Å². The van der Waals surface area contributed by atoms with Gasteiger partial charge in [0.25, 0.3) is 0 Å². The smallest absolute Gasteiger partial charge is 0.414 e.